The maximum absolute atomic E-state index is 12.4. The molecule has 6 heteroatoms. The Morgan fingerprint density at radius 2 is 1.82 bits per heavy atom. The lowest BCUT2D eigenvalue weighted by Crippen LogP contribution is -2.44. The van der Waals surface area contributed by atoms with Gasteiger partial charge in [0.1, 0.15) is 5.82 Å². The van der Waals surface area contributed by atoms with Gasteiger partial charge in [0.25, 0.3) is 5.91 Å². The molecule has 146 valence electrons. The quantitative estimate of drug-likeness (QED) is 0.743. The lowest BCUT2D eigenvalue weighted by Gasteiger charge is -2.32. The summed E-state index contributed by atoms with van der Waals surface area (Å²) in [6.45, 7) is 8.24. The van der Waals surface area contributed by atoms with E-state index < -0.39 is 0 Å². The number of rotatable bonds is 5. The van der Waals surface area contributed by atoms with Gasteiger partial charge in [-0.25, -0.2) is 4.98 Å². The number of hydrogen-bond acceptors (Lipinski definition) is 4. The highest BCUT2D eigenvalue weighted by Crippen LogP contribution is 2.22. The van der Waals surface area contributed by atoms with Gasteiger partial charge >= 0.3 is 0 Å². The van der Waals surface area contributed by atoms with Crippen molar-refractivity contribution >= 4 is 22.6 Å². The van der Waals surface area contributed by atoms with Crippen LogP contribution in [0.4, 0.5) is 5.69 Å². The number of aromatic nitrogens is 2. The molecule has 0 unspecified atom stereocenters. The summed E-state index contributed by atoms with van der Waals surface area (Å²) < 4.78 is 2.27. The third-order valence-corrected chi connectivity index (χ3v) is 5.40. The zero-order valence-corrected chi connectivity index (χ0v) is 16.6. The lowest BCUT2D eigenvalue weighted by atomic mass is 10.2. The smallest absolute Gasteiger partial charge is 0.255 e. The van der Waals surface area contributed by atoms with Crippen molar-refractivity contribution in [1.82, 2.24) is 19.4 Å². The van der Waals surface area contributed by atoms with Crippen molar-refractivity contribution in [1.29, 1.82) is 0 Å². The predicted octanol–water partition coefficient (Wildman–Crippen LogP) is 3.06. The molecular formula is C22H27N5O. The Morgan fingerprint density at radius 1 is 1.07 bits per heavy atom. The van der Waals surface area contributed by atoms with Crippen molar-refractivity contribution in [3.8, 4) is 0 Å². The summed E-state index contributed by atoms with van der Waals surface area (Å²) in [7, 11) is 2.17. The molecule has 0 radical (unpaired) electrons. The highest BCUT2D eigenvalue weighted by molar-refractivity contribution is 6.04. The molecule has 2 aromatic carbocycles. The van der Waals surface area contributed by atoms with E-state index in [1.54, 1.807) is 0 Å². The number of nitrogens with one attached hydrogen (secondary N) is 1. The first kappa shape index (κ1) is 18.7. The molecule has 0 spiro atoms. The van der Waals surface area contributed by atoms with Crippen LogP contribution in [0.15, 0.2) is 48.5 Å². The number of carbonyl (C=O) groups excluding carboxylic acids is 1. The lowest BCUT2D eigenvalue weighted by molar-refractivity contribution is 0.102. The molecule has 6 nitrogen and oxygen atoms in total. The van der Waals surface area contributed by atoms with E-state index in [0.29, 0.717) is 5.56 Å². The second-order valence-electron chi connectivity index (χ2n) is 7.38. The van der Waals surface area contributed by atoms with Gasteiger partial charge in [-0.05, 0) is 44.3 Å². The van der Waals surface area contributed by atoms with Crippen molar-refractivity contribution in [3.05, 3.63) is 59.9 Å². The number of imidazole rings is 1. The monoisotopic (exact) mass is 377 g/mol. The van der Waals surface area contributed by atoms with Crippen LogP contribution in [0.25, 0.3) is 11.0 Å². The number of aryl methyl sites for hydroxylation is 1. The molecule has 4 rings (SSSR count). The van der Waals surface area contributed by atoms with Gasteiger partial charge in [0.2, 0.25) is 0 Å². The maximum atomic E-state index is 12.4. The van der Waals surface area contributed by atoms with Gasteiger partial charge in [-0.1, -0.05) is 18.2 Å². The van der Waals surface area contributed by atoms with Crippen LogP contribution in [-0.2, 0) is 13.1 Å². The standard InChI is InChI=1S/C22H27N5O/c1-3-27-20-10-9-18(23-22(28)17-7-5-4-6-8-17)15-19(20)24-21(27)16-26-13-11-25(2)12-14-26/h4-10,15H,3,11-14,16H2,1-2H3,(H,23,28). The number of benzene rings is 2. The van der Waals surface area contributed by atoms with Crippen molar-refractivity contribution in [3.63, 3.8) is 0 Å². The van der Waals surface area contributed by atoms with Gasteiger partial charge in [-0.3, -0.25) is 9.69 Å². The number of anilines is 1. The fraction of sp³-hybridized carbons (Fsp3) is 0.364. The summed E-state index contributed by atoms with van der Waals surface area (Å²) in [6, 6.07) is 15.2. The first-order valence-electron chi connectivity index (χ1n) is 9.90. The fourth-order valence-corrected chi connectivity index (χ4v) is 3.73. The molecule has 1 amide bonds. The Hall–Kier alpha value is -2.70. The zero-order valence-electron chi connectivity index (χ0n) is 16.6. The average molecular weight is 377 g/mol. The number of carbonyl (C=O) groups is 1. The third-order valence-electron chi connectivity index (χ3n) is 5.40. The molecule has 1 N–H and O–H groups in total. The van der Waals surface area contributed by atoms with E-state index in [1.807, 2.05) is 42.5 Å². The van der Waals surface area contributed by atoms with Crippen LogP contribution < -0.4 is 5.32 Å². The molecule has 0 saturated carbocycles. The van der Waals surface area contributed by atoms with Crippen molar-refractivity contribution in [2.24, 2.45) is 0 Å². The van der Waals surface area contributed by atoms with Crippen LogP contribution in [0.3, 0.4) is 0 Å². The second kappa shape index (κ2) is 8.12. The van der Waals surface area contributed by atoms with Gasteiger partial charge in [0.05, 0.1) is 17.6 Å². The fourth-order valence-electron chi connectivity index (χ4n) is 3.73. The van der Waals surface area contributed by atoms with Gasteiger partial charge in [0.15, 0.2) is 0 Å². The highest BCUT2D eigenvalue weighted by atomic mass is 16.1. The second-order valence-corrected chi connectivity index (χ2v) is 7.38. The molecule has 2 heterocycles. The number of hydrogen-bond donors (Lipinski definition) is 1. The molecular weight excluding hydrogens is 350 g/mol. The summed E-state index contributed by atoms with van der Waals surface area (Å²) in [6.07, 6.45) is 0. The highest BCUT2D eigenvalue weighted by Gasteiger charge is 2.18. The maximum Gasteiger partial charge on any atom is 0.255 e. The summed E-state index contributed by atoms with van der Waals surface area (Å²) in [5.41, 5.74) is 3.46. The average Bonchev–Trinajstić information content (AvgIpc) is 3.06. The first-order valence-corrected chi connectivity index (χ1v) is 9.90. The number of piperazine rings is 1. The molecule has 1 aromatic heterocycles. The molecule has 0 bridgehead atoms. The zero-order chi connectivity index (χ0) is 19.5. The normalized spacial score (nSPS) is 15.8. The van der Waals surface area contributed by atoms with E-state index in [9.17, 15) is 4.79 Å². The van der Waals surface area contributed by atoms with E-state index in [0.717, 1.165) is 61.8 Å². The Bertz CT molecular complexity index is 958. The first-order chi connectivity index (χ1) is 13.6. The van der Waals surface area contributed by atoms with Crippen LogP contribution in [0, 0.1) is 0 Å². The van der Waals surface area contributed by atoms with Gasteiger partial charge in [-0.2, -0.15) is 0 Å². The topological polar surface area (TPSA) is 53.4 Å². The predicted molar refractivity (Wildman–Crippen MR) is 113 cm³/mol. The van der Waals surface area contributed by atoms with Crippen molar-refractivity contribution < 1.29 is 4.79 Å². The molecule has 1 fully saturated rings. The summed E-state index contributed by atoms with van der Waals surface area (Å²) >= 11 is 0. The molecule has 28 heavy (non-hydrogen) atoms. The van der Waals surface area contributed by atoms with E-state index in [4.69, 9.17) is 4.98 Å². The van der Waals surface area contributed by atoms with Crippen LogP contribution in [0.1, 0.15) is 23.1 Å². The van der Waals surface area contributed by atoms with E-state index in [-0.39, 0.29) is 5.91 Å². The van der Waals surface area contributed by atoms with Crippen LogP contribution in [0.2, 0.25) is 0 Å². The van der Waals surface area contributed by atoms with Crippen molar-refractivity contribution in [2.75, 3.05) is 38.5 Å². The van der Waals surface area contributed by atoms with Crippen LogP contribution >= 0.6 is 0 Å². The number of amides is 1. The Kier molecular flexibility index (Phi) is 5.41. The van der Waals surface area contributed by atoms with Gasteiger partial charge in [-0.15, -0.1) is 0 Å². The van der Waals surface area contributed by atoms with Gasteiger partial charge in [0, 0.05) is 44.0 Å². The Labute approximate surface area is 165 Å². The van der Waals surface area contributed by atoms with E-state index in [2.05, 4.69) is 39.7 Å². The SMILES string of the molecule is CCn1c(CN2CCN(C)CC2)nc2cc(NC(=O)c3ccccc3)ccc21. The summed E-state index contributed by atoms with van der Waals surface area (Å²) in [5, 5.41) is 2.98. The minimum Gasteiger partial charge on any atom is -0.327 e. The van der Waals surface area contributed by atoms with E-state index in [1.165, 1.54) is 0 Å². The molecule has 3 aromatic rings. The molecule has 1 saturated heterocycles. The van der Waals surface area contributed by atoms with Crippen LogP contribution in [-0.4, -0.2) is 58.5 Å². The van der Waals surface area contributed by atoms with Crippen LogP contribution in [0.5, 0.6) is 0 Å². The third kappa shape index (κ3) is 3.93. The molecule has 1 aliphatic rings. The minimum atomic E-state index is -0.104. The van der Waals surface area contributed by atoms with Crippen molar-refractivity contribution in [2.45, 2.75) is 20.0 Å². The summed E-state index contributed by atoms with van der Waals surface area (Å²) in [5.74, 6) is 0.987. The number of likely N-dealkylation sites (N-methyl/N-ethyl adjacent to an activating group) is 1. The molecule has 0 atom stereocenters. The molecule has 1 aliphatic heterocycles. The largest absolute Gasteiger partial charge is 0.327 e. The number of fused-ring (bicyclic) bond motifs is 1. The minimum absolute atomic E-state index is 0.104. The molecule has 0 aliphatic carbocycles. The van der Waals surface area contributed by atoms with E-state index >= 15 is 0 Å². The number of nitrogens with zero attached hydrogens (tertiary/aromatic N) is 4. The Morgan fingerprint density at radius 3 is 2.54 bits per heavy atom. The summed E-state index contributed by atoms with van der Waals surface area (Å²) in [4.78, 5) is 22.1. The van der Waals surface area contributed by atoms with Gasteiger partial charge < -0.3 is 14.8 Å². The Balaban J connectivity index is 1.55.